The van der Waals surface area contributed by atoms with Crippen LogP contribution in [-0.2, 0) is 26.2 Å². The second-order valence-electron chi connectivity index (χ2n) is 11.1. The average Bonchev–Trinajstić information content (AvgIpc) is 3.46. The molecule has 12 heteroatoms. The van der Waals surface area contributed by atoms with Crippen molar-refractivity contribution >= 4 is 44.6 Å². The number of sulfonamides is 1. The summed E-state index contributed by atoms with van der Waals surface area (Å²) in [7, 11) is -2.33. The van der Waals surface area contributed by atoms with Crippen LogP contribution in [0.2, 0.25) is 0 Å². The van der Waals surface area contributed by atoms with Gasteiger partial charge in [0.25, 0.3) is 10.0 Å². The number of nitrogens with zero attached hydrogens (tertiary/aromatic N) is 5. The highest BCUT2D eigenvalue weighted by atomic mass is 32.2. The molecule has 1 N–H and O–H groups in total. The molecule has 3 aromatic carbocycles. The van der Waals surface area contributed by atoms with Gasteiger partial charge in [-0.15, -0.1) is 0 Å². The molecular formula is C33H33FN6O4S. The number of fused-ring (bicyclic) bond motifs is 1. The first-order chi connectivity index (χ1) is 21.8. The Morgan fingerprint density at radius 3 is 2.56 bits per heavy atom. The monoisotopic (exact) mass is 628 g/mol. The van der Waals surface area contributed by atoms with Crippen LogP contribution in [-0.4, -0.2) is 54.5 Å². The van der Waals surface area contributed by atoms with Crippen molar-refractivity contribution < 1.29 is 22.4 Å². The number of benzene rings is 3. The summed E-state index contributed by atoms with van der Waals surface area (Å²) in [6.07, 6.45) is 7.34. The van der Waals surface area contributed by atoms with Crippen molar-refractivity contribution in [2.45, 2.75) is 30.7 Å². The number of carbonyl (C=O) groups excluding carboxylic acids is 1. The maximum atomic E-state index is 14.3. The molecule has 0 unspecified atom stereocenters. The summed E-state index contributed by atoms with van der Waals surface area (Å²) >= 11 is 0. The first kappa shape index (κ1) is 30.2. The second kappa shape index (κ2) is 13.0. The minimum absolute atomic E-state index is 0.00543. The first-order valence-electron chi connectivity index (χ1n) is 14.7. The molecule has 1 aliphatic rings. The fourth-order valence-electron chi connectivity index (χ4n) is 5.66. The third-order valence-electron chi connectivity index (χ3n) is 8.17. The number of rotatable bonds is 11. The fourth-order valence-corrected chi connectivity index (χ4v) is 6.95. The topological polar surface area (TPSA) is 110 Å². The molecule has 0 radical (unpaired) electrons. The number of aryl methyl sites for hydroxylation is 1. The lowest BCUT2D eigenvalue weighted by atomic mass is 9.94. The van der Waals surface area contributed by atoms with E-state index in [9.17, 15) is 17.6 Å². The van der Waals surface area contributed by atoms with Gasteiger partial charge in [-0.25, -0.2) is 14.4 Å². The molecule has 5 aromatic rings. The average molecular weight is 629 g/mol. The maximum Gasteiger partial charge on any atom is 0.322 e. The van der Waals surface area contributed by atoms with Crippen LogP contribution in [0.4, 0.5) is 21.6 Å². The van der Waals surface area contributed by atoms with Gasteiger partial charge >= 0.3 is 6.47 Å². The number of likely N-dealkylation sites (tertiary alicyclic amines) is 1. The minimum Gasteiger partial charge on any atom is -0.347 e. The molecule has 0 atom stereocenters. The summed E-state index contributed by atoms with van der Waals surface area (Å²) in [4.78, 5) is 26.5. The molecule has 0 spiro atoms. The zero-order chi connectivity index (χ0) is 31.4. The molecule has 1 saturated heterocycles. The summed E-state index contributed by atoms with van der Waals surface area (Å²) in [6.45, 7) is 3.33. The van der Waals surface area contributed by atoms with Gasteiger partial charge in [0.05, 0.1) is 11.4 Å². The Morgan fingerprint density at radius 1 is 1.02 bits per heavy atom. The molecule has 6 rings (SSSR count). The Bertz CT molecular complexity index is 1910. The molecule has 3 heterocycles. The van der Waals surface area contributed by atoms with Crippen molar-refractivity contribution in [2.75, 3.05) is 29.9 Å². The van der Waals surface area contributed by atoms with E-state index in [-0.39, 0.29) is 12.2 Å². The van der Waals surface area contributed by atoms with Crippen molar-refractivity contribution in [2.24, 2.45) is 5.92 Å². The smallest absolute Gasteiger partial charge is 0.322 e. The number of aromatic nitrogens is 3. The van der Waals surface area contributed by atoms with E-state index < -0.39 is 20.7 Å². The highest BCUT2D eigenvalue weighted by molar-refractivity contribution is 7.92. The molecule has 232 valence electrons. The van der Waals surface area contributed by atoms with Crippen LogP contribution in [0.25, 0.3) is 22.2 Å². The fraction of sp³-hybridized carbons (Fsp3) is 0.242. The summed E-state index contributed by atoms with van der Waals surface area (Å²) in [6, 6.07) is 21.2. The van der Waals surface area contributed by atoms with Crippen LogP contribution < -0.4 is 9.79 Å². The van der Waals surface area contributed by atoms with Crippen molar-refractivity contribution in [3.63, 3.8) is 0 Å². The van der Waals surface area contributed by atoms with Crippen LogP contribution in [0.3, 0.4) is 0 Å². The number of anilines is 3. The third-order valence-corrected chi connectivity index (χ3v) is 9.79. The van der Waals surface area contributed by atoms with Crippen molar-refractivity contribution in [1.82, 2.24) is 19.4 Å². The number of hydrogen-bond donors (Lipinski definition) is 1. The second-order valence-corrected chi connectivity index (χ2v) is 12.9. The van der Waals surface area contributed by atoms with E-state index in [1.807, 2.05) is 6.07 Å². The molecule has 0 bridgehead atoms. The number of halogens is 1. The predicted molar refractivity (Wildman–Crippen MR) is 171 cm³/mol. The summed E-state index contributed by atoms with van der Waals surface area (Å²) in [5.74, 6) is 0.342. The minimum atomic E-state index is -4.52. The zero-order valence-electron chi connectivity index (χ0n) is 24.7. The van der Waals surface area contributed by atoms with E-state index in [2.05, 4.69) is 62.3 Å². The Labute approximate surface area is 261 Å². The van der Waals surface area contributed by atoms with Gasteiger partial charge in [-0.1, -0.05) is 22.7 Å². The van der Waals surface area contributed by atoms with Crippen LogP contribution in [0.15, 0.2) is 96.3 Å². The summed E-state index contributed by atoms with van der Waals surface area (Å²) < 4.78 is 43.1. The molecule has 45 heavy (non-hydrogen) atoms. The molecule has 0 saturated carbocycles. The SMILES string of the molecule is CN1CCC(CCn2ccc3cc(-c4cc(Nc5ccc(N(OC=O)S(=O)(=O)c6ccccc6F)cc5)ncn4)ccc32)CC1. The summed E-state index contributed by atoms with van der Waals surface area (Å²) in [5, 5.41) is 4.33. The zero-order valence-corrected chi connectivity index (χ0v) is 25.5. The van der Waals surface area contributed by atoms with Gasteiger partial charge in [-0.05, 0) is 99.9 Å². The van der Waals surface area contributed by atoms with Gasteiger partial charge in [-0.3, -0.25) is 4.79 Å². The maximum absolute atomic E-state index is 14.3. The molecule has 10 nitrogen and oxygen atoms in total. The van der Waals surface area contributed by atoms with Crippen molar-refractivity contribution in [3.8, 4) is 11.3 Å². The highest BCUT2D eigenvalue weighted by Crippen LogP contribution is 2.30. The Morgan fingerprint density at radius 2 is 1.80 bits per heavy atom. The van der Waals surface area contributed by atoms with Crippen LogP contribution in [0.5, 0.6) is 0 Å². The standard InChI is InChI=1S/C33H33FN6O4S/c1-38-16-12-24(13-17-38)14-18-39-19-15-26-20-25(6-11-31(26)39)30-21-33(36-22-35-30)37-27-7-9-28(10-8-27)40(44-23-41)45(42,43)32-5-3-2-4-29(32)34/h2-11,15,19-24H,12-14,16-18H2,1H3,(H,35,36,37). The first-order valence-corrected chi connectivity index (χ1v) is 16.1. The quantitative estimate of drug-likeness (QED) is 0.140. The van der Waals surface area contributed by atoms with Gasteiger partial charge < -0.3 is 19.6 Å². The molecular weight excluding hydrogens is 595 g/mol. The lowest BCUT2D eigenvalue weighted by molar-refractivity contribution is -0.128. The van der Waals surface area contributed by atoms with Crippen LogP contribution >= 0.6 is 0 Å². The number of piperidine rings is 1. The van der Waals surface area contributed by atoms with E-state index in [1.54, 1.807) is 12.1 Å². The lowest BCUT2D eigenvalue weighted by Crippen LogP contribution is -2.31. The highest BCUT2D eigenvalue weighted by Gasteiger charge is 2.29. The van der Waals surface area contributed by atoms with E-state index in [0.29, 0.717) is 16.0 Å². The normalized spacial score (nSPS) is 14.4. The van der Waals surface area contributed by atoms with Gasteiger partial charge in [0.1, 0.15) is 22.9 Å². The van der Waals surface area contributed by atoms with Gasteiger partial charge in [0.2, 0.25) is 0 Å². The molecule has 1 fully saturated rings. The van der Waals surface area contributed by atoms with Gasteiger partial charge in [0.15, 0.2) is 0 Å². The van der Waals surface area contributed by atoms with Crippen molar-refractivity contribution in [1.29, 1.82) is 0 Å². The summed E-state index contributed by atoms with van der Waals surface area (Å²) in [5.41, 5.74) is 3.49. The Balaban J connectivity index is 1.15. The third kappa shape index (κ3) is 6.66. The predicted octanol–water partition coefficient (Wildman–Crippen LogP) is 6.00. The number of hydrogen-bond acceptors (Lipinski definition) is 8. The van der Waals surface area contributed by atoms with E-state index >= 15 is 0 Å². The van der Waals surface area contributed by atoms with Crippen molar-refractivity contribution in [3.05, 3.63) is 97.2 Å². The van der Waals surface area contributed by atoms with E-state index in [4.69, 9.17) is 4.84 Å². The van der Waals surface area contributed by atoms with E-state index in [1.165, 1.54) is 68.5 Å². The molecule has 0 aliphatic carbocycles. The lowest BCUT2D eigenvalue weighted by Gasteiger charge is -2.29. The van der Waals surface area contributed by atoms with Crippen LogP contribution in [0.1, 0.15) is 19.3 Å². The molecule has 1 aliphatic heterocycles. The Kier molecular flexibility index (Phi) is 8.76. The molecule has 0 amide bonds. The number of carbonyl (C=O) groups is 1. The van der Waals surface area contributed by atoms with Crippen LogP contribution in [0, 0.1) is 11.7 Å². The Hall–Kier alpha value is -4.81. The largest absolute Gasteiger partial charge is 0.347 e. The van der Waals surface area contributed by atoms with Gasteiger partial charge in [-0.2, -0.15) is 8.42 Å². The number of nitrogens with one attached hydrogen (secondary N) is 1. The molecule has 2 aromatic heterocycles. The van der Waals surface area contributed by atoms with Gasteiger partial charge in [0, 0.05) is 41.0 Å². The van der Waals surface area contributed by atoms with E-state index in [0.717, 1.165) is 41.2 Å².